The van der Waals surface area contributed by atoms with Crippen molar-refractivity contribution >= 4 is 5.82 Å². The van der Waals surface area contributed by atoms with E-state index in [2.05, 4.69) is 4.98 Å². The van der Waals surface area contributed by atoms with Crippen LogP contribution in [0.15, 0.2) is 18.3 Å². The highest BCUT2D eigenvalue weighted by Crippen LogP contribution is 2.52. The molecular weight excluding hydrogens is 200 g/mol. The monoisotopic (exact) mass is 218 g/mol. The van der Waals surface area contributed by atoms with E-state index >= 15 is 0 Å². The van der Waals surface area contributed by atoms with Crippen LogP contribution in [0, 0.1) is 11.8 Å². The quantitative estimate of drug-likeness (QED) is 0.795. The van der Waals surface area contributed by atoms with Crippen LogP contribution >= 0.6 is 0 Å². The summed E-state index contributed by atoms with van der Waals surface area (Å²) in [6, 6.07) is 3.87. The molecule has 0 aliphatic heterocycles. The minimum Gasteiger partial charge on any atom is -0.389 e. The summed E-state index contributed by atoms with van der Waals surface area (Å²) in [6.07, 6.45) is 7.01. The van der Waals surface area contributed by atoms with E-state index in [-0.39, 0.29) is 0 Å². The predicted octanol–water partition coefficient (Wildman–Crippen LogP) is 1.76. The number of aliphatic hydroxyl groups is 1. The van der Waals surface area contributed by atoms with Crippen LogP contribution in [0.25, 0.3) is 0 Å². The minimum atomic E-state index is -0.514. The van der Waals surface area contributed by atoms with Crippen molar-refractivity contribution in [2.24, 2.45) is 11.8 Å². The highest BCUT2D eigenvalue weighted by molar-refractivity contribution is 5.39. The van der Waals surface area contributed by atoms with Gasteiger partial charge in [-0.25, -0.2) is 4.98 Å². The molecule has 2 aliphatic rings. The molecule has 2 saturated carbocycles. The molecule has 0 amide bonds. The van der Waals surface area contributed by atoms with E-state index in [1.807, 2.05) is 12.1 Å². The summed E-state index contributed by atoms with van der Waals surface area (Å²) in [5.41, 5.74) is 6.32. The Balaban J connectivity index is 1.82. The number of fused-ring (bicyclic) bond motifs is 2. The molecule has 1 aromatic rings. The van der Waals surface area contributed by atoms with Crippen molar-refractivity contribution < 1.29 is 5.11 Å². The Bertz CT molecular complexity index is 407. The number of aromatic nitrogens is 1. The van der Waals surface area contributed by atoms with Crippen molar-refractivity contribution in [2.75, 3.05) is 5.73 Å². The Morgan fingerprint density at radius 1 is 1.50 bits per heavy atom. The van der Waals surface area contributed by atoms with E-state index in [9.17, 15) is 5.11 Å². The van der Waals surface area contributed by atoms with E-state index in [1.165, 1.54) is 19.3 Å². The average molecular weight is 218 g/mol. The van der Waals surface area contributed by atoms with Crippen molar-refractivity contribution in [2.45, 2.75) is 37.7 Å². The van der Waals surface area contributed by atoms with Gasteiger partial charge in [0.2, 0.25) is 0 Å². The molecule has 1 aromatic heterocycles. The molecule has 2 aliphatic carbocycles. The van der Waals surface area contributed by atoms with Crippen LogP contribution in [0.4, 0.5) is 5.82 Å². The standard InChI is InChI=1S/C13H18N2O/c14-12-10(2-1-5-15-12)8-13(16)7-9-3-4-11(13)6-9/h1-2,5,9,11,16H,3-4,6-8H2,(H2,14,15). The van der Waals surface area contributed by atoms with Crippen LogP contribution in [0.5, 0.6) is 0 Å². The van der Waals surface area contributed by atoms with Crippen LogP contribution in [0.2, 0.25) is 0 Å². The van der Waals surface area contributed by atoms with Crippen LogP contribution in [-0.2, 0) is 6.42 Å². The molecule has 86 valence electrons. The van der Waals surface area contributed by atoms with Gasteiger partial charge in [-0.3, -0.25) is 0 Å². The number of nitrogens with two attached hydrogens (primary N) is 1. The Kier molecular flexibility index (Phi) is 2.18. The lowest BCUT2D eigenvalue weighted by Gasteiger charge is -2.32. The second kappa shape index (κ2) is 3.45. The van der Waals surface area contributed by atoms with Crippen molar-refractivity contribution in [3.05, 3.63) is 23.9 Å². The number of hydrogen-bond donors (Lipinski definition) is 2. The first-order valence-corrected chi connectivity index (χ1v) is 6.09. The van der Waals surface area contributed by atoms with Gasteiger partial charge in [0, 0.05) is 12.6 Å². The number of pyridine rings is 1. The van der Waals surface area contributed by atoms with Gasteiger partial charge in [-0.05, 0) is 49.1 Å². The lowest BCUT2D eigenvalue weighted by atomic mass is 9.80. The average Bonchev–Trinajstić information content (AvgIpc) is 2.81. The summed E-state index contributed by atoms with van der Waals surface area (Å²) in [4.78, 5) is 4.08. The van der Waals surface area contributed by atoms with Gasteiger partial charge in [-0.2, -0.15) is 0 Å². The van der Waals surface area contributed by atoms with Gasteiger partial charge in [-0.15, -0.1) is 0 Å². The molecule has 3 heteroatoms. The zero-order valence-corrected chi connectivity index (χ0v) is 9.39. The van der Waals surface area contributed by atoms with Crippen molar-refractivity contribution in [3.63, 3.8) is 0 Å². The van der Waals surface area contributed by atoms with Crippen LogP contribution in [-0.4, -0.2) is 15.7 Å². The van der Waals surface area contributed by atoms with E-state index in [1.54, 1.807) is 6.20 Å². The van der Waals surface area contributed by atoms with E-state index in [0.717, 1.165) is 17.9 Å². The number of hydrogen-bond acceptors (Lipinski definition) is 3. The fourth-order valence-corrected chi connectivity index (χ4v) is 3.56. The third kappa shape index (κ3) is 1.50. The van der Waals surface area contributed by atoms with Gasteiger partial charge in [0.25, 0.3) is 0 Å². The largest absolute Gasteiger partial charge is 0.389 e. The summed E-state index contributed by atoms with van der Waals surface area (Å²) in [5, 5.41) is 10.7. The first kappa shape index (κ1) is 10.1. The van der Waals surface area contributed by atoms with Crippen LogP contribution < -0.4 is 5.73 Å². The SMILES string of the molecule is Nc1ncccc1CC1(O)CC2CCC1C2. The smallest absolute Gasteiger partial charge is 0.126 e. The second-order valence-corrected chi connectivity index (χ2v) is 5.41. The van der Waals surface area contributed by atoms with Crippen LogP contribution in [0.1, 0.15) is 31.2 Å². The highest BCUT2D eigenvalue weighted by Gasteiger charge is 2.49. The number of anilines is 1. The predicted molar refractivity (Wildman–Crippen MR) is 62.8 cm³/mol. The summed E-state index contributed by atoms with van der Waals surface area (Å²) in [5.74, 6) is 1.80. The summed E-state index contributed by atoms with van der Waals surface area (Å²) in [6.45, 7) is 0. The maximum Gasteiger partial charge on any atom is 0.126 e. The normalized spacial score (nSPS) is 36.8. The lowest BCUT2D eigenvalue weighted by molar-refractivity contribution is -0.0124. The van der Waals surface area contributed by atoms with Crippen LogP contribution in [0.3, 0.4) is 0 Å². The summed E-state index contributed by atoms with van der Waals surface area (Å²) >= 11 is 0. The van der Waals surface area contributed by atoms with Crippen molar-refractivity contribution in [3.8, 4) is 0 Å². The molecule has 3 rings (SSSR count). The molecule has 0 spiro atoms. The lowest BCUT2D eigenvalue weighted by Crippen LogP contribution is -2.37. The molecule has 2 bridgehead atoms. The maximum absolute atomic E-state index is 10.7. The minimum absolute atomic E-state index is 0.483. The number of nitrogens with zero attached hydrogens (tertiary/aromatic N) is 1. The molecule has 1 heterocycles. The van der Waals surface area contributed by atoms with E-state index < -0.39 is 5.60 Å². The van der Waals surface area contributed by atoms with E-state index in [4.69, 9.17) is 5.73 Å². The molecule has 3 atom stereocenters. The Labute approximate surface area is 95.7 Å². The van der Waals surface area contributed by atoms with Gasteiger partial charge in [0.05, 0.1) is 5.60 Å². The molecule has 0 aromatic carbocycles. The van der Waals surface area contributed by atoms with Crippen molar-refractivity contribution in [1.82, 2.24) is 4.98 Å². The zero-order chi connectivity index (χ0) is 11.2. The third-order valence-electron chi connectivity index (χ3n) is 4.37. The first-order chi connectivity index (χ1) is 7.67. The molecule has 3 nitrogen and oxygen atoms in total. The topological polar surface area (TPSA) is 59.1 Å². The van der Waals surface area contributed by atoms with Gasteiger partial charge >= 0.3 is 0 Å². The van der Waals surface area contributed by atoms with Gasteiger partial charge in [0.1, 0.15) is 5.82 Å². The molecule has 2 fully saturated rings. The second-order valence-electron chi connectivity index (χ2n) is 5.41. The Hall–Kier alpha value is -1.09. The molecule has 3 unspecified atom stereocenters. The van der Waals surface area contributed by atoms with Gasteiger partial charge in [-0.1, -0.05) is 6.07 Å². The highest BCUT2D eigenvalue weighted by atomic mass is 16.3. The number of nitrogen functional groups attached to an aromatic ring is 1. The molecule has 0 saturated heterocycles. The molecule has 0 radical (unpaired) electrons. The summed E-state index contributed by atoms with van der Waals surface area (Å²) < 4.78 is 0. The van der Waals surface area contributed by atoms with Gasteiger partial charge < -0.3 is 10.8 Å². The Morgan fingerprint density at radius 2 is 2.38 bits per heavy atom. The third-order valence-corrected chi connectivity index (χ3v) is 4.37. The fourth-order valence-electron chi connectivity index (χ4n) is 3.56. The first-order valence-electron chi connectivity index (χ1n) is 6.09. The van der Waals surface area contributed by atoms with E-state index in [0.29, 0.717) is 18.2 Å². The summed E-state index contributed by atoms with van der Waals surface area (Å²) in [7, 11) is 0. The van der Waals surface area contributed by atoms with Gasteiger partial charge in [0.15, 0.2) is 0 Å². The molecule has 16 heavy (non-hydrogen) atoms. The van der Waals surface area contributed by atoms with Crippen molar-refractivity contribution in [1.29, 1.82) is 0 Å². The molecular formula is C13H18N2O. The number of rotatable bonds is 2. The Morgan fingerprint density at radius 3 is 3.00 bits per heavy atom. The zero-order valence-electron chi connectivity index (χ0n) is 9.39. The molecule has 3 N–H and O–H groups in total. The fraction of sp³-hybridized carbons (Fsp3) is 0.615. The maximum atomic E-state index is 10.7.